The van der Waals surface area contributed by atoms with E-state index in [1.54, 1.807) is 0 Å². The van der Waals surface area contributed by atoms with E-state index in [0.717, 1.165) is 24.6 Å². The molecule has 1 fully saturated rings. The summed E-state index contributed by atoms with van der Waals surface area (Å²) in [7, 11) is 0. The quantitative estimate of drug-likeness (QED) is 0.303. The maximum atomic E-state index is 13.7. The summed E-state index contributed by atoms with van der Waals surface area (Å²) in [6.07, 6.45) is 5.57. The summed E-state index contributed by atoms with van der Waals surface area (Å²) in [4.78, 5) is 13.7. The topological polar surface area (TPSA) is 26.3 Å². The maximum Gasteiger partial charge on any atom is 0.335 e. The zero-order valence-electron chi connectivity index (χ0n) is 21.1. The molecule has 3 aromatic rings. The molecule has 34 heavy (non-hydrogen) atoms. The summed E-state index contributed by atoms with van der Waals surface area (Å²) >= 11 is 0. The van der Waals surface area contributed by atoms with E-state index in [9.17, 15) is 4.79 Å². The molecular weight excluding hydrogens is 435 g/mol. The predicted molar refractivity (Wildman–Crippen MR) is 149 cm³/mol. The van der Waals surface area contributed by atoms with E-state index in [2.05, 4.69) is 93.6 Å². The second-order valence-corrected chi connectivity index (χ2v) is 12.8. The molecule has 1 aliphatic rings. The monoisotopic (exact) mass is 474 g/mol. The Hall–Kier alpha value is -2.57. The number of rotatable bonds is 5. The van der Waals surface area contributed by atoms with Crippen LogP contribution >= 0.6 is 6.89 Å². The number of esters is 1. The Labute approximate surface area is 206 Å². The van der Waals surface area contributed by atoms with Gasteiger partial charge in [-0.2, -0.15) is 0 Å². The number of ether oxygens (including phenoxy) is 1. The fourth-order valence-corrected chi connectivity index (χ4v) is 9.08. The van der Waals surface area contributed by atoms with Gasteiger partial charge in [0.25, 0.3) is 0 Å². The molecule has 0 aromatic heterocycles. The minimum atomic E-state index is -2.34. The first-order valence-corrected chi connectivity index (χ1v) is 14.4. The highest BCUT2D eigenvalue weighted by atomic mass is 31.2. The summed E-state index contributed by atoms with van der Waals surface area (Å²) in [6, 6.07) is 31.5. The molecule has 1 aliphatic carbocycles. The summed E-state index contributed by atoms with van der Waals surface area (Å²) in [6.45, 7) is 6.16. The number of hydrogen-bond donors (Lipinski definition) is 0. The first kappa shape index (κ1) is 26.0. The minimum Gasteiger partial charge on any atom is -0.459 e. The molecular formula is C31H39O2P. The SMILES string of the molecule is CC(C(=O)OC1CCCC(C)C1)=P(c1ccccc1)(c1ccccc1)c1ccccc1.CCC. The van der Waals surface area contributed by atoms with Crippen LogP contribution in [0.4, 0.5) is 0 Å². The third kappa shape index (κ3) is 5.91. The van der Waals surface area contributed by atoms with Gasteiger partial charge >= 0.3 is 5.97 Å². The van der Waals surface area contributed by atoms with Gasteiger partial charge in [-0.25, -0.2) is 4.79 Å². The predicted octanol–water partition coefficient (Wildman–Crippen LogP) is 6.71. The van der Waals surface area contributed by atoms with Crippen LogP contribution in [-0.2, 0) is 9.53 Å². The fraction of sp³-hybridized carbons (Fsp3) is 0.355. The lowest BCUT2D eigenvalue weighted by Crippen LogP contribution is -2.35. The van der Waals surface area contributed by atoms with E-state index in [1.807, 2.05) is 25.1 Å². The maximum absolute atomic E-state index is 13.7. The molecule has 0 saturated heterocycles. The van der Waals surface area contributed by atoms with Crippen molar-refractivity contribution >= 4 is 34.1 Å². The lowest BCUT2D eigenvalue weighted by atomic mass is 9.89. The lowest BCUT2D eigenvalue weighted by Gasteiger charge is -2.32. The van der Waals surface area contributed by atoms with Crippen LogP contribution in [-0.4, -0.2) is 17.4 Å². The highest BCUT2D eigenvalue weighted by Crippen LogP contribution is 2.46. The zero-order valence-corrected chi connectivity index (χ0v) is 22.0. The van der Waals surface area contributed by atoms with Crippen LogP contribution in [0.25, 0.3) is 0 Å². The van der Waals surface area contributed by atoms with E-state index in [-0.39, 0.29) is 12.1 Å². The molecule has 2 atom stereocenters. The van der Waals surface area contributed by atoms with Gasteiger partial charge in [0, 0.05) is 5.29 Å². The van der Waals surface area contributed by atoms with Crippen molar-refractivity contribution in [3.05, 3.63) is 91.0 Å². The normalized spacial score (nSPS) is 17.8. The summed E-state index contributed by atoms with van der Waals surface area (Å²) < 4.78 is 6.15. The Balaban J connectivity index is 0.00000103. The van der Waals surface area contributed by atoms with E-state index < -0.39 is 6.89 Å². The number of benzene rings is 3. The van der Waals surface area contributed by atoms with Crippen molar-refractivity contribution in [2.75, 3.05) is 0 Å². The molecule has 0 spiro atoms. The summed E-state index contributed by atoms with van der Waals surface area (Å²) in [5.74, 6) is 0.466. The molecule has 3 aromatic carbocycles. The van der Waals surface area contributed by atoms with Gasteiger partial charge in [0.2, 0.25) is 0 Å². The fourth-order valence-electron chi connectivity index (χ4n) is 4.84. The Morgan fingerprint density at radius 1 is 0.794 bits per heavy atom. The van der Waals surface area contributed by atoms with Crippen LogP contribution in [0.5, 0.6) is 0 Å². The molecule has 4 rings (SSSR count). The van der Waals surface area contributed by atoms with Crippen molar-refractivity contribution in [1.82, 2.24) is 0 Å². The molecule has 0 heterocycles. The Morgan fingerprint density at radius 3 is 1.59 bits per heavy atom. The van der Waals surface area contributed by atoms with Gasteiger partial charge in [0.05, 0.1) is 0 Å². The lowest BCUT2D eigenvalue weighted by molar-refractivity contribution is -0.142. The molecule has 2 unspecified atom stereocenters. The molecule has 0 amide bonds. The van der Waals surface area contributed by atoms with Crippen molar-refractivity contribution in [1.29, 1.82) is 0 Å². The molecule has 0 bridgehead atoms. The molecule has 3 heteroatoms. The highest BCUT2D eigenvalue weighted by molar-refractivity contribution is 7.96. The van der Waals surface area contributed by atoms with Crippen LogP contribution in [0.1, 0.15) is 59.8 Å². The second kappa shape index (κ2) is 12.8. The summed E-state index contributed by atoms with van der Waals surface area (Å²) in [5.41, 5.74) is 0. The standard InChI is InChI=1S/C28H31O2P.C3H8/c1-22-13-12-14-24(21-22)30-28(29)23(2)31(25-15-6-3-7-16-25,26-17-8-4-9-18-26)27-19-10-5-11-20-27;1-3-2/h3-11,15-20,22,24H,12-14,21H2,1-2H3;3H2,1-2H3. The van der Waals surface area contributed by atoms with E-state index in [0.29, 0.717) is 5.92 Å². The van der Waals surface area contributed by atoms with Gasteiger partial charge in [-0.15, -0.1) is 0 Å². The number of hydrogen-bond acceptors (Lipinski definition) is 2. The molecule has 0 N–H and O–H groups in total. The number of carbonyl (C=O) groups excluding carboxylic acids is 1. The molecule has 180 valence electrons. The Morgan fingerprint density at radius 2 is 1.21 bits per heavy atom. The van der Waals surface area contributed by atoms with Crippen LogP contribution in [0.2, 0.25) is 0 Å². The summed E-state index contributed by atoms with van der Waals surface area (Å²) in [5, 5.41) is 4.35. The largest absolute Gasteiger partial charge is 0.459 e. The van der Waals surface area contributed by atoms with Gasteiger partial charge < -0.3 is 4.74 Å². The minimum absolute atomic E-state index is 0.0235. The van der Waals surface area contributed by atoms with E-state index >= 15 is 0 Å². The van der Waals surface area contributed by atoms with Crippen LogP contribution in [0.15, 0.2) is 91.0 Å². The highest BCUT2D eigenvalue weighted by Gasteiger charge is 2.32. The van der Waals surface area contributed by atoms with Crippen LogP contribution in [0, 0.1) is 5.92 Å². The Kier molecular flexibility index (Phi) is 9.78. The second-order valence-electron chi connectivity index (χ2n) is 9.27. The third-order valence-electron chi connectivity index (χ3n) is 6.39. The van der Waals surface area contributed by atoms with Gasteiger partial charge in [0.1, 0.15) is 6.10 Å². The first-order valence-electron chi connectivity index (χ1n) is 12.6. The molecule has 2 nitrogen and oxygen atoms in total. The molecule has 0 aliphatic heterocycles. The van der Waals surface area contributed by atoms with Crippen LogP contribution in [0.3, 0.4) is 0 Å². The van der Waals surface area contributed by atoms with Gasteiger partial charge in [-0.1, -0.05) is 125 Å². The zero-order chi connectivity index (χ0) is 24.4. The number of carbonyl (C=O) groups is 1. The van der Waals surface area contributed by atoms with E-state index in [4.69, 9.17) is 4.74 Å². The van der Waals surface area contributed by atoms with Crippen molar-refractivity contribution in [3.8, 4) is 0 Å². The van der Waals surface area contributed by atoms with Gasteiger partial charge in [0.15, 0.2) is 0 Å². The van der Waals surface area contributed by atoms with Crippen molar-refractivity contribution in [2.45, 2.75) is 65.9 Å². The van der Waals surface area contributed by atoms with Crippen molar-refractivity contribution in [2.24, 2.45) is 5.92 Å². The molecule has 1 saturated carbocycles. The van der Waals surface area contributed by atoms with Crippen molar-refractivity contribution in [3.63, 3.8) is 0 Å². The Bertz CT molecular complexity index is 971. The molecule has 0 radical (unpaired) electrons. The van der Waals surface area contributed by atoms with E-state index in [1.165, 1.54) is 28.8 Å². The smallest absolute Gasteiger partial charge is 0.335 e. The first-order chi connectivity index (χ1) is 16.5. The van der Waals surface area contributed by atoms with Crippen molar-refractivity contribution < 1.29 is 9.53 Å². The van der Waals surface area contributed by atoms with Gasteiger partial charge in [-0.3, -0.25) is 0 Å². The van der Waals surface area contributed by atoms with Gasteiger partial charge in [-0.05, 0) is 54.9 Å². The average molecular weight is 475 g/mol. The average Bonchev–Trinajstić information content (AvgIpc) is 2.87. The third-order valence-corrected chi connectivity index (χ3v) is 10.8. The van der Waals surface area contributed by atoms with Crippen LogP contribution < -0.4 is 15.9 Å².